The molecule has 3 heterocycles. The molecule has 24 heavy (non-hydrogen) atoms. The Morgan fingerprint density at radius 2 is 1.96 bits per heavy atom. The molecule has 128 valence electrons. The van der Waals surface area contributed by atoms with Crippen LogP contribution in [0.3, 0.4) is 0 Å². The summed E-state index contributed by atoms with van der Waals surface area (Å²) in [6.07, 6.45) is 2.80. The fourth-order valence-corrected chi connectivity index (χ4v) is 4.47. The van der Waals surface area contributed by atoms with Gasteiger partial charge in [-0.25, -0.2) is 0 Å². The molecule has 0 bridgehead atoms. The molecule has 2 atom stereocenters. The lowest BCUT2D eigenvalue weighted by atomic mass is 9.81. The third-order valence-corrected chi connectivity index (χ3v) is 5.85. The molecule has 2 aliphatic heterocycles. The first kappa shape index (κ1) is 15.8. The maximum absolute atomic E-state index is 10.4. The van der Waals surface area contributed by atoms with Gasteiger partial charge in [0.1, 0.15) is 0 Å². The van der Waals surface area contributed by atoms with Crippen molar-refractivity contribution in [3.63, 3.8) is 0 Å². The number of nitrogen functional groups attached to an aromatic ring is 1. The minimum Gasteiger partial charge on any atom is -0.393 e. The van der Waals surface area contributed by atoms with Gasteiger partial charge in [0.2, 0.25) is 10.3 Å². The Kier molecular flexibility index (Phi) is 4.15. The second-order valence-corrected chi connectivity index (χ2v) is 7.69. The van der Waals surface area contributed by atoms with Gasteiger partial charge in [0, 0.05) is 25.9 Å². The van der Waals surface area contributed by atoms with Gasteiger partial charge in [-0.05, 0) is 18.4 Å². The second-order valence-electron chi connectivity index (χ2n) is 6.70. The molecule has 6 nitrogen and oxygen atoms in total. The van der Waals surface area contributed by atoms with Crippen molar-refractivity contribution in [1.82, 2.24) is 10.2 Å². The van der Waals surface area contributed by atoms with Crippen LogP contribution in [0.25, 0.3) is 0 Å². The Hall–Kier alpha value is -1.70. The van der Waals surface area contributed by atoms with E-state index >= 15 is 0 Å². The second kappa shape index (κ2) is 6.31. The van der Waals surface area contributed by atoms with Gasteiger partial charge in [-0.3, -0.25) is 0 Å². The molecule has 0 saturated carbocycles. The van der Waals surface area contributed by atoms with Crippen LogP contribution in [0, 0.1) is 0 Å². The quantitative estimate of drug-likeness (QED) is 0.868. The molecule has 0 amide bonds. The standard InChI is InChI=1S/C17H22N4O2S/c18-15-19-20-16(24-15)21-8-6-17(7-9-21)11-13(22)10-14(23-17)12-4-2-1-3-5-12/h1-5,13-14,22H,6-11H2,(H2,18,19)/t13-,14-/m1/s1. The molecule has 0 unspecified atom stereocenters. The molecule has 2 saturated heterocycles. The molecule has 7 heteroatoms. The van der Waals surface area contributed by atoms with Crippen molar-refractivity contribution in [3.8, 4) is 0 Å². The van der Waals surface area contributed by atoms with Crippen molar-refractivity contribution < 1.29 is 9.84 Å². The van der Waals surface area contributed by atoms with E-state index in [2.05, 4.69) is 27.2 Å². The van der Waals surface area contributed by atoms with Crippen molar-refractivity contribution in [2.75, 3.05) is 23.7 Å². The van der Waals surface area contributed by atoms with Crippen LogP contribution >= 0.6 is 11.3 Å². The van der Waals surface area contributed by atoms with E-state index in [0.29, 0.717) is 18.0 Å². The van der Waals surface area contributed by atoms with Gasteiger partial charge in [-0.1, -0.05) is 41.7 Å². The van der Waals surface area contributed by atoms with E-state index in [4.69, 9.17) is 10.5 Å². The number of nitrogens with zero attached hydrogens (tertiary/aromatic N) is 3. The Bertz CT molecular complexity index is 685. The summed E-state index contributed by atoms with van der Waals surface area (Å²) in [5.74, 6) is 0. The molecule has 2 fully saturated rings. The zero-order valence-electron chi connectivity index (χ0n) is 13.5. The largest absolute Gasteiger partial charge is 0.393 e. The van der Waals surface area contributed by atoms with E-state index < -0.39 is 0 Å². The van der Waals surface area contributed by atoms with Gasteiger partial charge in [0.05, 0.1) is 17.8 Å². The minimum atomic E-state index is -0.312. The van der Waals surface area contributed by atoms with Gasteiger partial charge in [-0.2, -0.15) is 0 Å². The van der Waals surface area contributed by atoms with E-state index in [0.717, 1.165) is 36.6 Å². The average molecular weight is 346 g/mol. The number of aliphatic hydroxyl groups is 1. The number of anilines is 2. The smallest absolute Gasteiger partial charge is 0.209 e. The molecule has 2 aliphatic rings. The molecular weight excluding hydrogens is 324 g/mol. The van der Waals surface area contributed by atoms with Crippen molar-refractivity contribution >= 4 is 21.6 Å². The van der Waals surface area contributed by atoms with Crippen LogP contribution in [0.5, 0.6) is 0 Å². The summed E-state index contributed by atoms with van der Waals surface area (Å²) in [6, 6.07) is 10.2. The van der Waals surface area contributed by atoms with Crippen molar-refractivity contribution in [2.24, 2.45) is 0 Å². The third-order valence-electron chi connectivity index (χ3n) is 5.03. The van der Waals surface area contributed by atoms with Crippen LogP contribution in [-0.4, -0.2) is 40.1 Å². The van der Waals surface area contributed by atoms with Crippen LogP contribution in [0.1, 0.15) is 37.4 Å². The van der Waals surface area contributed by atoms with Gasteiger partial charge >= 0.3 is 0 Å². The summed E-state index contributed by atoms with van der Waals surface area (Å²) in [5.41, 5.74) is 6.59. The Morgan fingerprint density at radius 3 is 2.62 bits per heavy atom. The monoisotopic (exact) mass is 346 g/mol. The highest BCUT2D eigenvalue weighted by Crippen LogP contribution is 2.43. The number of benzene rings is 1. The molecule has 1 aromatic heterocycles. The number of ether oxygens (including phenoxy) is 1. The molecule has 0 aliphatic carbocycles. The van der Waals surface area contributed by atoms with E-state index in [-0.39, 0.29) is 17.8 Å². The van der Waals surface area contributed by atoms with E-state index in [1.165, 1.54) is 11.3 Å². The predicted molar refractivity (Wildman–Crippen MR) is 94.0 cm³/mol. The minimum absolute atomic E-state index is 0.0290. The fraction of sp³-hybridized carbons (Fsp3) is 0.529. The maximum Gasteiger partial charge on any atom is 0.209 e. The number of hydrogen-bond acceptors (Lipinski definition) is 7. The number of hydrogen-bond donors (Lipinski definition) is 2. The predicted octanol–water partition coefficient (Wildman–Crippen LogP) is 2.37. The van der Waals surface area contributed by atoms with Crippen LogP contribution in [0.4, 0.5) is 10.3 Å². The highest BCUT2D eigenvalue weighted by molar-refractivity contribution is 7.18. The first-order chi connectivity index (χ1) is 11.6. The fourth-order valence-electron chi connectivity index (χ4n) is 3.81. The van der Waals surface area contributed by atoms with Gasteiger partial charge < -0.3 is 20.5 Å². The normalized spacial score (nSPS) is 26.6. The number of aromatic nitrogens is 2. The third kappa shape index (κ3) is 3.11. The SMILES string of the molecule is Nc1nnc(N2CCC3(CC2)C[C@H](O)C[C@H](c2ccccc2)O3)s1. The molecular formula is C17H22N4O2S. The Balaban J connectivity index is 1.47. The molecule has 4 rings (SSSR count). The van der Waals surface area contributed by atoms with Gasteiger partial charge in [0.15, 0.2) is 0 Å². The van der Waals surface area contributed by atoms with Crippen LogP contribution in [0.2, 0.25) is 0 Å². The lowest BCUT2D eigenvalue weighted by Crippen LogP contribution is -2.51. The van der Waals surface area contributed by atoms with Gasteiger partial charge in [-0.15, -0.1) is 10.2 Å². The lowest BCUT2D eigenvalue weighted by Gasteiger charge is -2.48. The van der Waals surface area contributed by atoms with Gasteiger partial charge in [0.25, 0.3) is 0 Å². The zero-order chi connectivity index (χ0) is 16.6. The van der Waals surface area contributed by atoms with Crippen LogP contribution in [-0.2, 0) is 4.74 Å². The number of aliphatic hydroxyl groups excluding tert-OH is 1. The van der Waals surface area contributed by atoms with Crippen LogP contribution in [0.15, 0.2) is 30.3 Å². The summed E-state index contributed by atoms with van der Waals surface area (Å²) >= 11 is 1.42. The highest BCUT2D eigenvalue weighted by atomic mass is 32.1. The van der Waals surface area contributed by atoms with Crippen molar-refractivity contribution in [3.05, 3.63) is 35.9 Å². The first-order valence-corrected chi connectivity index (χ1v) is 9.20. The number of rotatable bonds is 2. The molecule has 3 N–H and O–H groups in total. The number of nitrogens with two attached hydrogens (primary N) is 1. The van der Waals surface area contributed by atoms with E-state index in [1.807, 2.05) is 18.2 Å². The van der Waals surface area contributed by atoms with Crippen molar-refractivity contribution in [1.29, 1.82) is 0 Å². The zero-order valence-corrected chi connectivity index (χ0v) is 14.3. The summed E-state index contributed by atoms with van der Waals surface area (Å²) in [6.45, 7) is 1.70. The maximum atomic E-state index is 10.4. The van der Waals surface area contributed by atoms with E-state index in [9.17, 15) is 5.11 Å². The Labute approximate surface area is 145 Å². The summed E-state index contributed by atoms with van der Waals surface area (Å²) in [4.78, 5) is 2.21. The molecule has 1 spiro atoms. The summed E-state index contributed by atoms with van der Waals surface area (Å²) < 4.78 is 6.52. The summed E-state index contributed by atoms with van der Waals surface area (Å²) in [7, 11) is 0. The lowest BCUT2D eigenvalue weighted by molar-refractivity contribution is -0.173. The topological polar surface area (TPSA) is 84.5 Å². The Morgan fingerprint density at radius 1 is 1.21 bits per heavy atom. The van der Waals surface area contributed by atoms with Crippen molar-refractivity contribution in [2.45, 2.75) is 43.5 Å². The van der Waals surface area contributed by atoms with E-state index in [1.54, 1.807) is 0 Å². The average Bonchev–Trinajstić information content (AvgIpc) is 3.02. The molecule has 2 aromatic rings. The first-order valence-electron chi connectivity index (χ1n) is 8.38. The van der Waals surface area contributed by atoms with Crippen LogP contribution < -0.4 is 10.6 Å². The molecule has 1 aromatic carbocycles. The number of piperidine rings is 1. The molecule has 0 radical (unpaired) electrons. The summed E-state index contributed by atoms with van der Waals surface area (Å²) in [5, 5.41) is 19.8. The highest BCUT2D eigenvalue weighted by Gasteiger charge is 2.44.